The van der Waals surface area contributed by atoms with Gasteiger partial charge in [0.25, 0.3) is 0 Å². The smallest absolute Gasteiger partial charge is 0.237 e. The molecule has 2 aromatic rings. The lowest BCUT2D eigenvalue weighted by Crippen LogP contribution is -2.19. The molecular weight excluding hydrogens is 202 g/mol. The molecule has 2 N–H and O–H groups in total. The number of benzene rings is 1. The fourth-order valence-corrected chi connectivity index (χ4v) is 1.81. The number of fused-ring (bicyclic) bond motifs is 1. The summed E-state index contributed by atoms with van der Waals surface area (Å²) in [6.07, 6.45) is 0. The van der Waals surface area contributed by atoms with Crippen LogP contribution >= 0.6 is 0 Å². The molecule has 4 heteroatoms. The van der Waals surface area contributed by atoms with E-state index >= 15 is 0 Å². The first kappa shape index (κ1) is 10.2. The molecule has 2 rings (SSSR count). The summed E-state index contributed by atoms with van der Waals surface area (Å²) in [6.45, 7) is 2.02. The molecule has 0 saturated carbocycles. The number of nitrogens with zero attached hydrogens (tertiary/aromatic N) is 2. The Morgan fingerprint density at radius 3 is 2.88 bits per heavy atom. The summed E-state index contributed by atoms with van der Waals surface area (Å²) in [7, 11) is 0. The van der Waals surface area contributed by atoms with Crippen molar-refractivity contribution in [3.8, 4) is 6.07 Å². The van der Waals surface area contributed by atoms with Gasteiger partial charge >= 0.3 is 0 Å². The predicted molar refractivity (Wildman–Crippen MR) is 60.6 cm³/mol. The Kier molecular flexibility index (Phi) is 2.37. The number of primary amides is 1. The van der Waals surface area contributed by atoms with Crippen LogP contribution in [0, 0.1) is 18.3 Å². The van der Waals surface area contributed by atoms with E-state index in [9.17, 15) is 4.79 Å². The first-order valence-corrected chi connectivity index (χ1v) is 4.90. The van der Waals surface area contributed by atoms with Crippen molar-refractivity contribution in [1.82, 2.24) is 4.57 Å². The molecule has 16 heavy (non-hydrogen) atoms. The van der Waals surface area contributed by atoms with Crippen LogP contribution in [0.1, 0.15) is 11.3 Å². The van der Waals surface area contributed by atoms with E-state index in [0.717, 1.165) is 16.5 Å². The first-order valence-electron chi connectivity index (χ1n) is 4.90. The minimum atomic E-state index is -0.449. The number of nitriles is 1. The van der Waals surface area contributed by atoms with Gasteiger partial charge in [0.1, 0.15) is 18.3 Å². The number of carbonyl (C=O) groups excluding carboxylic acids is 1. The third kappa shape index (κ3) is 1.63. The van der Waals surface area contributed by atoms with E-state index in [1.165, 1.54) is 0 Å². The van der Waals surface area contributed by atoms with Crippen molar-refractivity contribution in [2.45, 2.75) is 13.5 Å². The molecule has 1 aromatic carbocycles. The van der Waals surface area contributed by atoms with Crippen LogP contribution in [-0.4, -0.2) is 10.5 Å². The number of nitrogens with two attached hydrogens (primary N) is 1. The molecule has 0 fully saturated rings. The molecule has 0 bridgehead atoms. The fourth-order valence-electron chi connectivity index (χ4n) is 1.81. The average Bonchev–Trinajstić information content (AvgIpc) is 2.55. The van der Waals surface area contributed by atoms with Crippen molar-refractivity contribution in [2.24, 2.45) is 5.73 Å². The number of hydrogen-bond acceptors (Lipinski definition) is 2. The molecule has 0 radical (unpaired) electrons. The predicted octanol–water partition coefficient (Wildman–Crippen LogP) is 1.31. The Labute approximate surface area is 92.9 Å². The minimum Gasteiger partial charge on any atom is -0.368 e. The number of carbonyl (C=O) groups is 1. The summed E-state index contributed by atoms with van der Waals surface area (Å²) < 4.78 is 1.64. The molecule has 0 atom stereocenters. The minimum absolute atomic E-state index is 0.0372. The maximum Gasteiger partial charge on any atom is 0.237 e. The molecule has 0 unspecified atom stereocenters. The van der Waals surface area contributed by atoms with Crippen LogP contribution in [0.5, 0.6) is 0 Å². The van der Waals surface area contributed by atoms with Crippen molar-refractivity contribution >= 4 is 16.8 Å². The molecule has 0 aliphatic rings. The van der Waals surface area contributed by atoms with Gasteiger partial charge in [-0.1, -0.05) is 11.6 Å². The second kappa shape index (κ2) is 3.70. The molecule has 0 aliphatic carbocycles. The van der Waals surface area contributed by atoms with E-state index in [4.69, 9.17) is 11.0 Å². The molecule has 0 spiro atoms. The van der Waals surface area contributed by atoms with Crippen LogP contribution in [0.2, 0.25) is 0 Å². The van der Waals surface area contributed by atoms with Gasteiger partial charge in [-0.25, -0.2) is 0 Å². The van der Waals surface area contributed by atoms with E-state index in [1.807, 2.05) is 25.1 Å². The Hall–Kier alpha value is -2.28. The zero-order chi connectivity index (χ0) is 11.7. The van der Waals surface area contributed by atoms with Crippen LogP contribution in [0.15, 0.2) is 24.3 Å². The average molecular weight is 213 g/mol. The van der Waals surface area contributed by atoms with Gasteiger partial charge in [0.15, 0.2) is 0 Å². The highest BCUT2D eigenvalue weighted by Crippen LogP contribution is 2.20. The number of aryl methyl sites for hydroxylation is 1. The maximum absolute atomic E-state index is 10.9. The summed E-state index contributed by atoms with van der Waals surface area (Å²) in [5.41, 5.74) is 7.60. The summed E-state index contributed by atoms with van der Waals surface area (Å²) in [6, 6.07) is 9.66. The van der Waals surface area contributed by atoms with Gasteiger partial charge in [0.2, 0.25) is 5.91 Å². The molecular formula is C12H11N3O. The van der Waals surface area contributed by atoms with Gasteiger partial charge in [0.05, 0.1) is 0 Å². The van der Waals surface area contributed by atoms with Crippen LogP contribution < -0.4 is 5.73 Å². The maximum atomic E-state index is 10.9. The quantitative estimate of drug-likeness (QED) is 0.816. The summed E-state index contributed by atoms with van der Waals surface area (Å²) in [5, 5.41) is 9.94. The number of aromatic nitrogens is 1. The van der Waals surface area contributed by atoms with E-state index < -0.39 is 5.91 Å². The van der Waals surface area contributed by atoms with E-state index in [-0.39, 0.29) is 6.54 Å². The van der Waals surface area contributed by atoms with E-state index in [0.29, 0.717) is 5.69 Å². The van der Waals surface area contributed by atoms with Crippen LogP contribution in [-0.2, 0) is 11.3 Å². The van der Waals surface area contributed by atoms with Gasteiger partial charge in [-0.15, -0.1) is 0 Å². The lowest BCUT2D eigenvalue weighted by Gasteiger charge is -2.03. The Morgan fingerprint density at radius 1 is 1.50 bits per heavy atom. The van der Waals surface area contributed by atoms with Crippen molar-refractivity contribution in [3.63, 3.8) is 0 Å². The van der Waals surface area contributed by atoms with Crippen LogP contribution in [0.4, 0.5) is 0 Å². The largest absolute Gasteiger partial charge is 0.368 e. The zero-order valence-electron chi connectivity index (χ0n) is 8.90. The molecule has 0 saturated heterocycles. The monoisotopic (exact) mass is 213 g/mol. The summed E-state index contributed by atoms with van der Waals surface area (Å²) in [5.74, 6) is -0.449. The van der Waals surface area contributed by atoms with E-state index in [1.54, 1.807) is 10.6 Å². The fraction of sp³-hybridized carbons (Fsp3) is 0.167. The molecule has 1 amide bonds. The second-order valence-corrected chi connectivity index (χ2v) is 3.76. The molecule has 1 heterocycles. The lowest BCUT2D eigenvalue weighted by atomic mass is 10.2. The second-order valence-electron chi connectivity index (χ2n) is 3.76. The topological polar surface area (TPSA) is 71.8 Å². The zero-order valence-corrected chi connectivity index (χ0v) is 8.90. The molecule has 0 aliphatic heterocycles. The van der Waals surface area contributed by atoms with Crippen molar-refractivity contribution < 1.29 is 4.79 Å². The van der Waals surface area contributed by atoms with Crippen molar-refractivity contribution in [1.29, 1.82) is 5.26 Å². The standard InChI is InChI=1S/C12H11N3O/c1-8-2-3-11-9(4-8)5-10(6-13)15(11)7-12(14)16/h2-5H,7H2,1H3,(H2,14,16). The Balaban J connectivity index is 2.69. The highest BCUT2D eigenvalue weighted by Gasteiger charge is 2.09. The van der Waals surface area contributed by atoms with Gasteiger partial charge < -0.3 is 10.3 Å². The summed E-state index contributed by atoms with van der Waals surface area (Å²) in [4.78, 5) is 10.9. The number of amides is 1. The Morgan fingerprint density at radius 2 is 2.25 bits per heavy atom. The van der Waals surface area contributed by atoms with Gasteiger partial charge in [-0.05, 0) is 25.1 Å². The number of rotatable bonds is 2. The normalized spacial score (nSPS) is 10.2. The van der Waals surface area contributed by atoms with Crippen LogP contribution in [0.25, 0.3) is 10.9 Å². The van der Waals surface area contributed by atoms with Gasteiger partial charge in [0, 0.05) is 10.9 Å². The van der Waals surface area contributed by atoms with Gasteiger partial charge in [-0.3, -0.25) is 4.79 Å². The van der Waals surface area contributed by atoms with Gasteiger partial charge in [-0.2, -0.15) is 5.26 Å². The highest BCUT2D eigenvalue weighted by atomic mass is 16.1. The third-order valence-electron chi connectivity index (χ3n) is 2.49. The Bertz CT molecular complexity index is 604. The van der Waals surface area contributed by atoms with Crippen LogP contribution in [0.3, 0.4) is 0 Å². The van der Waals surface area contributed by atoms with E-state index in [2.05, 4.69) is 6.07 Å². The molecule has 80 valence electrons. The summed E-state index contributed by atoms with van der Waals surface area (Å²) >= 11 is 0. The lowest BCUT2D eigenvalue weighted by molar-refractivity contribution is -0.118. The SMILES string of the molecule is Cc1ccc2c(c1)cc(C#N)n2CC(N)=O. The first-order chi connectivity index (χ1) is 7.61. The third-order valence-corrected chi connectivity index (χ3v) is 2.49. The van der Waals surface area contributed by atoms with Crippen molar-refractivity contribution in [2.75, 3.05) is 0 Å². The number of hydrogen-bond donors (Lipinski definition) is 1. The van der Waals surface area contributed by atoms with Crippen molar-refractivity contribution in [3.05, 3.63) is 35.5 Å². The molecule has 1 aromatic heterocycles. The highest BCUT2D eigenvalue weighted by molar-refractivity contribution is 5.85. The molecule has 4 nitrogen and oxygen atoms in total.